The largest absolute Gasteiger partial charge is 0.350 e. The molecular weight excluding hydrogens is 278 g/mol. The maximum absolute atomic E-state index is 12.1. The van der Waals surface area contributed by atoms with Crippen molar-refractivity contribution in [3.63, 3.8) is 0 Å². The number of aromatic amines is 1. The van der Waals surface area contributed by atoms with Crippen molar-refractivity contribution in [3.05, 3.63) is 71.4 Å². The zero-order chi connectivity index (χ0) is 15.5. The van der Waals surface area contributed by atoms with Gasteiger partial charge in [0.05, 0.1) is 0 Å². The number of rotatable bonds is 2. The summed E-state index contributed by atoms with van der Waals surface area (Å²) in [5, 5.41) is 0.942. The topological polar surface area (TPSA) is 74.0 Å². The second-order valence-corrected chi connectivity index (χ2v) is 4.99. The van der Waals surface area contributed by atoms with Crippen LogP contribution in [0.4, 0.5) is 0 Å². The van der Waals surface area contributed by atoms with Crippen molar-refractivity contribution in [3.8, 4) is 0 Å². The highest BCUT2D eigenvalue weighted by molar-refractivity contribution is 6.01. The quantitative estimate of drug-likeness (QED) is 0.635. The second-order valence-electron chi connectivity index (χ2n) is 4.99. The monoisotopic (exact) mass is 293 g/mol. The average molecular weight is 293 g/mol. The van der Waals surface area contributed by atoms with E-state index in [0.717, 1.165) is 16.5 Å². The lowest BCUT2D eigenvalue weighted by atomic mass is 10.1. The van der Waals surface area contributed by atoms with Gasteiger partial charge >= 0.3 is 0 Å². The molecule has 0 fully saturated rings. The number of H-pyrrole nitrogens is 1. The first-order valence-corrected chi connectivity index (χ1v) is 6.89. The molecule has 3 aromatic rings. The lowest BCUT2D eigenvalue weighted by Gasteiger charge is -2.08. The maximum atomic E-state index is 12.1. The summed E-state index contributed by atoms with van der Waals surface area (Å²) < 4.78 is 0. The molecule has 0 atom stereocenters. The Morgan fingerprint density at radius 3 is 2.36 bits per heavy atom. The lowest BCUT2D eigenvalue weighted by Crippen LogP contribution is -2.42. The number of hydrogen-bond donors (Lipinski definition) is 3. The van der Waals surface area contributed by atoms with Crippen LogP contribution >= 0.6 is 0 Å². The molecule has 0 bridgehead atoms. The number of para-hydroxylation sites is 1. The molecular formula is C17H15N3O2. The first kappa shape index (κ1) is 13.9. The van der Waals surface area contributed by atoms with E-state index in [4.69, 9.17) is 0 Å². The highest BCUT2D eigenvalue weighted by Gasteiger charge is 2.12. The Kier molecular flexibility index (Phi) is 3.62. The summed E-state index contributed by atoms with van der Waals surface area (Å²) in [6, 6.07) is 16.5. The van der Waals surface area contributed by atoms with Gasteiger partial charge in [-0.1, -0.05) is 36.4 Å². The van der Waals surface area contributed by atoms with E-state index in [-0.39, 0.29) is 5.91 Å². The molecule has 0 saturated carbocycles. The third-order valence-electron chi connectivity index (χ3n) is 3.45. The molecule has 1 aromatic heterocycles. The van der Waals surface area contributed by atoms with E-state index in [0.29, 0.717) is 11.3 Å². The number of aryl methyl sites for hydroxylation is 1. The van der Waals surface area contributed by atoms with Gasteiger partial charge in [-0.15, -0.1) is 0 Å². The Labute approximate surface area is 127 Å². The third kappa shape index (κ3) is 2.69. The summed E-state index contributed by atoms with van der Waals surface area (Å²) in [6.07, 6.45) is 0. The van der Waals surface area contributed by atoms with Crippen molar-refractivity contribution in [2.45, 2.75) is 6.92 Å². The molecule has 3 N–H and O–H groups in total. The zero-order valence-corrected chi connectivity index (χ0v) is 12.0. The fourth-order valence-electron chi connectivity index (χ4n) is 2.27. The molecule has 2 amide bonds. The smallest absolute Gasteiger partial charge is 0.286 e. The molecule has 110 valence electrons. The standard InChI is InChI=1S/C17H15N3O2/c1-11-6-2-4-8-13(11)16(21)19-20-17(22)15-10-12-7-3-5-9-14(12)18-15/h2-10,18H,1H3,(H,19,21)(H,20,22). The van der Waals surface area contributed by atoms with Crippen LogP contribution in [0.1, 0.15) is 26.4 Å². The summed E-state index contributed by atoms with van der Waals surface area (Å²) in [6.45, 7) is 1.84. The Balaban J connectivity index is 1.69. The number of benzene rings is 2. The van der Waals surface area contributed by atoms with Gasteiger partial charge in [0.2, 0.25) is 0 Å². The molecule has 0 spiro atoms. The van der Waals surface area contributed by atoms with Gasteiger partial charge in [0.1, 0.15) is 5.69 Å². The van der Waals surface area contributed by atoms with Gasteiger partial charge in [0, 0.05) is 16.5 Å². The summed E-state index contributed by atoms with van der Waals surface area (Å²) in [5.74, 6) is -0.735. The molecule has 22 heavy (non-hydrogen) atoms. The number of amides is 2. The van der Waals surface area contributed by atoms with Gasteiger partial charge in [-0.3, -0.25) is 20.4 Å². The number of hydrazine groups is 1. The van der Waals surface area contributed by atoms with Crippen molar-refractivity contribution in [2.24, 2.45) is 0 Å². The first-order chi connectivity index (χ1) is 10.6. The minimum absolute atomic E-state index is 0.345. The number of fused-ring (bicyclic) bond motifs is 1. The van der Waals surface area contributed by atoms with Crippen LogP contribution in [0.25, 0.3) is 10.9 Å². The van der Waals surface area contributed by atoms with Crippen LogP contribution in [0, 0.1) is 6.92 Å². The van der Waals surface area contributed by atoms with E-state index in [1.807, 2.05) is 43.3 Å². The molecule has 0 aliphatic carbocycles. The molecule has 3 rings (SSSR count). The van der Waals surface area contributed by atoms with Crippen LogP contribution in [0.2, 0.25) is 0 Å². The van der Waals surface area contributed by atoms with Crippen molar-refractivity contribution < 1.29 is 9.59 Å². The second kappa shape index (κ2) is 5.73. The Bertz CT molecular complexity index is 819. The van der Waals surface area contributed by atoms with Crippen molar-refractivity contribution in [1.82, 2.24) is 15.8 Å². The van der Waals surface area contributed by atoms with Gasteiger partial charge < -0.3 is 4.98 Å². The van der Waals surface area contributed by atoms with Crippen molar-refractivity contribution in [2.75, 3.05) is 0 Å². The predicted molar refractivity (Wildman–Crippen MR) is 84.4 cm³/mol. The van der Waals surface area contributed by atoms with E-state index in [1.165, 1.54) is 0 Å². The Morgan fingerprint density at radius 2 is 1.59 bits per heavy atom. The van der Waals surface area contributed by atoms with E-state index in [9.17, 15) is 9.59 Å². The molecule has 0 saturated heterocycles. The van der Waals surface area contributed by atoms with Gasteiger partial charge in [-0.25, -0.2) is 0 Å². The number of nitrogens with one attached hydrogen (secondary N) is 3. The molecule has 2 aromatic carbocycles. The van der Waals surface area contributed by atoms with Gasteiger partial charge in [0.15, 0.2) is 0 Å². The highest BCUT2D eigenvalue weighted by atomic mass is 16.2. The number of aromatic nitrogens is 1. The average Bonchev–Trinajstić information content (AvgIpc) is 2.97. The van der Waals surface area contributed by atoms with E-state index >= 15 is 0 Å². The Morgan fingerprint density at radius 1 is 0.909 bits per heavy atom. The van der Waals surface area contributed by atoms with Crippen LogP contribution in [-0.2, 0) is 0 Å². The molecule has 5 heteroatoms. The summed E-state index contributed by atoms with van der Waals surface area (Å²) in [4.78, 5) is 27.1. The van der Waals surface area contributed by atoms with Crippen molar-refractivity contribution in [1.29, 1.82) is 0 Å². The van der Waals surface area contributed by atoms with Crippen molar-refractivity contribution >= 4 is 22.7 Å². The molecule has 0 aliphatic heterocycles. The molecule has 0 unspecified atom stereocenters. The SMILES string of the molecule is Cc1ccccc1C(=O)NNC(=O)c1cc2ccccc2[nH]1. The van der Waals surface area contributed by atoms with E-state index in [1.54, 1.807) is 18.2 Å². The number of carbonyl (C=O) groups is 2. The van der Waals surface area contributed by atoms with Crippen LogP contribution in [0.5, 0.6) is 0 Å². The van der Waals surface area contributed by atoms with Crippen LogP contribution in [0.3, 0.4) is 0 Å². The minimum Gasteiger partial charge on any atom is -0.350 e. The summed E-state index contributed by atoms with van der Waals surface area (Å²) in [5.41, 5.74) is 7.48. The molecule has 1 heterocycles. The van der Waals surface area contributed by atoms with Crippen LogP contribution in [0.15, 0.2) is 54.6 Å². The fraction of sp³-hybridized carbons (Fsp3) is 0.0588. The zero-order valence-electron chi connectivity index (χ0n) is 12.0. The molecule has 0 aliphatic rings. The van der Waals surface area contributed by atoms with E-state index in [2.05, 4.69) is 15.8 Å². The molecule has 0 radical (unpaired) electrons. The highest BCUT2D eigenvalue weighted by Crippen LogP contribution is 2.14. The lowest BCUT2D eigenvalue weighted by molar-refractivity contribution is 0.0844. The van der Waals surface area contributed by atoms with Gasteiger partial charge in [0.25, 0.3) is 11.8 Å². The van der Waals surface area contributed by atoms with E-state index < -0.39 is 5.91 Å². The third-order valence-corrected chi connectivity index (χ3v) is 3.45. The Hall–Kier alpha value is -3.08. The van der Waals surface area contributed by atoms with Crippen LogP contribution < -0.4 is 10.9 Å². The van der Waals surface area contributed by atoms with Crippen LogP contribution in [-0.4, -0.2) is 16.8 Å². The summed E-state index contributed by atoms with van der Waals surface area (Å²) >= 11 is 0. The number of carbonyl (C=O) groups excluding carboxylic acids is 2. The normalized spacial score (nSPS) is 10.4. The minimum atomic E-state index is -0.391. The predicted octanol–water partition coefficient (Wildman–Crippen LogP) is 2.55. The number of hydrogen-bond acceptors (Lipinski definition) is 2. The summed E-state index contributed by atoms with van der Waals surface area (Å²) in [7, 11) is 0. The van der Waals surface area contributed by atoms with Gasteiger partial charge in [-0.05, 0) is 30.7 Å². The van der Waals surface area contributed by atoms with Gasteiger partial charge in [-0.2, -0.15) is 0 Å². The molecule has 5 nitrogen and oxygen atoms in total. The fourth-order valence-corrected chi connectivity index (χ4v) is 2.27. The maximum Gasteiger partial charge on any atom is 0.286 e. The first-order valence-electron chi connectivity index (χ1n) is 6.89.